The summed E-state index contributed by atoms with van der Waals surface area (Å²) in [6, 6.07) is 65.0. The third-order valence-corrected chi connectivity index (χ3v) is 10.1. The van der Waals surface area contributed by atoms with Crippen LogP contribution in [0, 0.1) is 11.3 Å². The zero-order valence-electron chi connectivity index (χ0n) is 29.1. The molecular weight excluding hydrogens is 631 g/mol. The van der Waals surface area contributed by atoms with Gasteiger partial charge in [-0.1, -0.05) is 123 Å². The summed E-state index contributed by atoms with van der Waals surface area (Å²) >= 11 is 0. The topological polar surface area (TPSA) is 32.0 Å². The standard InChI is InChI=1S/C47H29N3.C2H6/c48-30-31-17-23-36(24-18-31)49(35-10-2-1-3-11-35)45-28-22-33-20-26-41-38(25-19-32-21-27-42(45)47(33)46(32)41)34-9-8-12-37(29-34)50-43-15-6-4-13-39(43)40-14-5-7-16-44(40)50;1-2/h1-29H;1-2H3. The third kappa shape index (κ3) is 4.88. The van der Waals surface area contributed by atoms with E-state index >= 15 is 0 Å². The predicted octanol–water partition coefficient (Wildman–Crippen LogP) is 13.7. The number of hydrogen-bond acceptors (Lipinski definition) is 2. The molecule has 0 spiro atoms. The summed E-state index contributed by atoms with van der Waals surface area (Å²) in [4.78, 5) is 2.29. The van der Waals surface area contributed by atoms with Crippen molar-refractivity contribution in [2.24, 2.45) is 0 Å². The lowest BCUT2D eigenvalue weighted by Gasteiger charge is -2.27. The number of nitriles is 1. The first-order valence-corrected chi connectivity index (χ1v) is 17.9. The number of fused-ring (bicyclic) bond motifs is 3. The average Bonchev–Trinajstić information content (AvgIpc) is 3.56. The van der Waals surface area contributed by atoms with Crippen LogP contribution in [-0.4, -0.2) is 4.57 Å². The summed E-state index contributed by atoms with van der Waals surface area (Å²) in [5, 5.41) is 19.4. The van der Waals surface area contributed by atoms with E-state index in [0.29, 0.717) is 5.56 Å². The molecular formula is C49H35N3. The molecule has 3 nitrogen and oxygen atoms in total. The molecule has 0 amide bonds. The van der Waals surface area contributed by atoms with Crippen molar-refractivity contribution >= 4 is 71.2 Å². The Hall–Kier alpha value is -6.89. The van der Waals surface area contributed by atoms with Crippen LogP contribution in [0.4, 0.5) is 17.1 Å². The molecule has 52 heavy (non-hydrogen) atoms. The number of para-hydroxylation sites is 3. The number of aromatic nitrogens is 1. The zero-order chi connectivity index (χ0) is 35.2. The second-order valence-electron chi connectivity index (χ2n) is 12.9. The number of anilines is 3. The highest BCUT2D eigenvalue weighted by atomic mass is 15.1. The molecule has 0 saturated carbocycles. The van der Waals surface area contributed by atoms with Gasteiger partial charge in [0.1, 0.15) is 0 Å². The molecule has 0 aliphatic carbocycles. The number of nitrogens with zero attached hydrogens (tertiary/aromatic N) is 3. The smallest absolute Gasteiger partial charge is 0.0991 e. The molecule has 10 aromatic rings. The van der Waals surface area contributed by atoms with Gasteiger partial charge in [-0.05, 0) is 105 Å². The first-order valence-electron chi connectivity index (χ1n) is 17.9. The number of hydrogen-bond donors (Lipinski definition) is 0. The van der Waals surface area contributed by atoms with E-state index < -0.39 is 0 Å². The summed E-state index contributed by atoms with van der Waals surface area (Å²) < 4.78 is 2.39. The Labute approximate surface area is 303 Å². The predicted molar refractivity (Wildman–Crippen MR) is 221 cm³/mol. The van der Waals surface area contributed by atoms with Crippen LogP contribution in [0.5, 0.6) is 0 Å². The SMILES string of the molecule is CC.N#Cc1ccc(N(c2ccccc2)c2ccc3ccc4c(-c5cccc(-n6c7ccccc7c7ccccc76)c5)ccc5ccc2c3c54)cc1. The van der Waals surface area contributed by atoms with E-state index in [0.717, 1.165) is 22.7 Å². The van der Waals surface area contributed by atoms with Gasteiger partial charge in [-0.2, -0.15) is 5.26 Å². The van der Waals surface area contributed by atoms with Gasteiger partial charge in [0.2, 0.25) is 0 Å². The molecule has 9 aromatic carbocycles. The van der Waals surface area contributed by atoms with Crippen LogP contribution in [0.15, 0.2) is 176 Å². The van der Waals surface area contributed by atoms with Crippen molar-refractivity contribution in [3.8, 4) is 22.9 Å². The van der Waals surface area contributed by atoms with Crippen LogP contribution in [-0.2, 0) is 0 Å². The lowest BCUT2D eigenvalue weighted by molar-refractivity contribution is 1.18. The minimum Gasteiger partial charge on any atom is -0.310 e. The maximum Gasteiger partial charge on any atom is 0.0991 e. The van der Waals surface area contributed by atoms with Crippen molar-refractivity contribution in [2.45, 2.75) is 13.8 Å². The van der Waals surface area contributed by atoms with Crippen LogP contribution < -0.4 is 4.90 Å². The van der Waals surface area contributed by atoms with Gasteiger partial charge in [0.05, 0.1) is 28.4 Å². The molecule has 0 saturated heterocycles. The van der Waals surface area contributed by atoms with E-state index in [1.54, 1.807) is 0 Å². The molecule has 246 valence electrons. The monoisotopic (exact) mass is 665 g/mol. The van der Waals surface area contributed by atoms with Crippen molar-refractivity contribution in [1.82, 2.24) is 4.57 Å². The molecule has 0 bridgehead atoms. The van der Waals surface area contributed by atoms with Gasteiger partial charge < -0.3 is 9.47 Å². The summed E-state index contributed by atoms with van der Waals surface area (Å²) in [6.07, 6.45) is 0. The summed E-state index contributed by atoms with van der Waals surface area (Å²) in [5.41, 5.74) is 9.78. The summed E-state index contributed by atoms with van der Waals surface area (Å²) in [5.74, 6) is 0. The van der Waals surface area contributed by atoms with E-state index in [2.05, 4.69) is 161 Å². The van der Waals surface area contributed by atoms with E-state index in [-0.39, 0.29) is 0 Å². The Morgan fingerprint density at radius 2 is 1.06 bits per heavy atom. The summed E-state index contributed by atoms with van der Waals surface area (Å²) in [7, 11) is 0. The first kappa shape index (κ1) is 31.1. The molecule has 0 radical (unpaired) electrons. The van der Waals surface area contributed by atoms with Crippen LogP contribution in [0.3, 0.4) is 0 Å². The van der Waals surface area contributed by atoms with Crippen LogP contribution in [0.2, 0.25) is 0 Å². The van der Waals surface area contributed by atoms with E-state index in [9.17, 15) is 5.26 Å². The fraction of sp³-hybridized carbons (Fsp3) is 0.0408. The molecule has 3 heteroatoms. The van der Waals surface area contributed by atoms with Gasteiger partial charge in [0, 0.05) is 33.2 Å². The minimum absolute atomic E-state index is 0.645. The largest absolute Gasteiger partial charge is 0.310 e. The Kier molecular flexibility index (Phi) is 7.64. The molecule has 0 N–H and O–H groups in total. The molecule has 0 aliphatic rings. The normalized spacial score (nSPS) is 11.2. The van der Waals surface area contributed by atoms with E-state index in [1.807, 2.05) is 44.2 Å². The molecule has 0 unspecified atom stereocenters. The highest BCUT2D eigenvalue weighted by Crippen LogP contribution is 2.45. The van der Waals surface area contributed by atoms with Crippen molar-refractivity contribution in [3.63, 3.8) is 0 Å². The second-order valence-corrected chi connectivity index (χ2v) is 12.9. The molecule has 1 heterocycles. The van der Waals surface area contributed by atoms with Crippen molar-refractivity contribution in [2.75, 3.05) is 4.90 Å². The first-order chi connectivity index (χ1) is 25.8. The Bertz CT molecular complexity index is 2880. The zero-order valence-corrected chi connectivity index (χ0v) is 29.1. The molecule has 0 fully saturated rings. The molecule has 0 atom stereocenters. The maximum absolute atomic E-state index is 9.49. The van der Waals surface area contributed by atoms with Crippen LogP contribution >= 0.6 is 0 Å². The maximum atomic E-state index is 9.49. The van der Waals surface area contributed by atoms with E-state index in [4.69, 9.17) is 0 Å². The van der Waals surface area contributed by atoms with Gasteiger partial charge >= 0.3 is 0 Å². The second kappa shape index (κ2) is 12.8. The molecule has 1 aromatic heterocycles. The minimum atomic E-state index is 0.645. The van der Waals surface area contributed by atoms with E-state index in [1.165, 1.54) is 65.3 Å². The highest BCUT2D eigenvalue weighted by Gasteiger charge is 2.20. The van der Waals surface area contributed by atoms with Gasteiger partial charge in [0.25, 0.3) is 0 Å². The highest BCUT2D eigenvalue weighted by molar-refractivity contribution is 6.28. The quantitative estimate of drug-likeness (QED) is 0.171. The van der Waals surface area contributed by atoms with Crippen LogP contribution in [0.25, 0.3) is 70.9 Å². The molecule has 10 rings (SSSR count). The number of benzene rings is 9. The average molecular weight is 666 g/mol. The van der Waals surface area contributed by atoms with Crippen molar-refractivity contribution in [3.05, 3.63) is 181 Å². The lowest BCUT2D eigenvalue weighted by atomic mass is 9.89. The van der Waals surface area contributed by atoms with Gasteiger partial charge in [0.15, 0.2) is 0 Å². The van der Waals surface area contributed by atoms with Gasteiger partial charge in [-0.15, -0.1) is 0 Å². The molecule has 0 aliphatic heterocycles. The third-order valence-electron chi connectivity index (χ3n) is 10.1. The van der Waals surface area contributed by atoms with Gasteiger partial charge in [-0.3, -0.25) is 0 Å². The number of rotatable bonds is 5. The fourth-order valence-corrected chi connectivity index (χ4v) is 7.93. The Morgan fingerprint density at radius 3 is 1.75 bits per heavy atom. The van der Waals surface area contributed by atoms with Crippen molar-refractivity contribution < 1.29 is 0 Å². The lowest BCUT2D eigenvalue weighted by Crippen LogP contribution is -2.10. The Balaban J connectivity index is 0.00000177. The van der Waals surface area contributed by atoms with Crippen LogP contribution in [0.1, 0.15) is 19.4 Å². The summed E-state index contributed by atoms with van der Waals surface area (Å²) in [6.45, 7) is 4.00. The van der Waals surface area contributed by atoms with Gasteiger partial charge in [-0.25, -0.2) is 0 Å². The Morgan fingerprint density at radius 1 is 0.481 bits per heavy atom. The fourth-order valence-electron chi connectivity index (χ4n) is 7.93. The van der Waals surface area contributed by atoms with Crippen molar-refractivity contribution in [1.29, 1.82) is 5.26 Å².